The molecular formula is C22H36N4O. The van der Waals surface area contributed by atoms with E-state index in [0.29, 0.717) is 6.04 Å². The van der Waals surface area contributed by atoms with Crippen molar-refractivity contribution in [1.29, 1.82) is 0 Å². The lowest BCUT2D eigenvalue weighted by molar-refractivity contribution is -0.120. The van der Waals surface area contributed by atoms with Gasteiger partial charge in [0.15, 0.2) is 0 Å². The van der Waals surface area contributed by atoms with E-state index in [1.54, 1.807) is 6.92 Å². The van der Waals surface area contributed by atoms with Crippen molar-refractivity contribution in [2.24, 2.45) is 0 Å². The molecule has 5 nitrogen and oxygen atoms in total. The van der Waals surface area contributed by atoms with Crippen molar-refractivity contribution in [3.63, 3.8) is 0 Å². The summed E-state index contributed by atoms with van der Waals surface area (Å²) in [5.41, 5.74) is 5.70. The maximum Gasteiger partial charge on any atom is 0.217 e. The van der Waals surface area contributed by atoms with Crippen molar-refractivity contribution >= 4 is 5.91 Å². The molecule has 2 aliphatic rings. The number of nitrogens with one attached hydrogen (secondary N) is 1. The Balaban J connectivity index is 1.65. The normalized spacial score (nSPS) is 22.7. The highest BCUT2D eigenvalue weighted by molar-refractivity contribution is 5.73. The van der Waals surface area contributed by atoms with Crippen LogP contribution in [-0.4, -0.2) is 73.0 Å². The number of piperazine rings is 1. The SMILES string of the molecule is CC(=O)N[C@@H]1CCCN(Cc2cc(CN3CCN(C)CC3)c(C)cc2C)C1. The number of likely N-dealkylation sites (tertiary alicyclic amines) is 1. The van der Waals surface area contributed by atoms with E-state index >= 15 is 0 Å². The third-order valence-electron chi connectivity index (χ3n) is 6.09. The molecule has 5 heteroatoms. The topological polar surface area (TPSA) is 38.8 Å². The summed E-state index contributed by atoms with van der Waals surface area (Å²) in [4.78, 5) is 18.9. The summed E-state index contributed by atoms with van der Waals surface area (Å²) in [6.07, 6.45) is 2.25. The summed E-state index contributed by atoms with van der Waals surface area (Å²) in [6, 6.07) is 5.09. The molecule has 0 aromatic heterocycles. The van der Waals surface area contributed by atoms with Gasteiger partial charge in [0.1, 0.15) is 0 Å². The van der Waals surface area contributed by atoms with Gasteiger partial charge in [0.05, 0.1) is 0 Å². The van der Waals surface area contributed by atoms with Crippen molar-refractivity contribution < 1.29 is 4.79 Å². The molecule has 1 N–H and O–H groups in total. The molecule has 150 valence electrons. The quantitative estimate of drug-likeness (QED) is 0.860. The van der Waals surface area contributed by atoms with E-state index < -0.39 is 0 Å². The van der Waals surface area contributed by atoms with Gasteiger partial charge >= 0.3 is 0 Å². The second kappa shape index (κ2) is 9.18. The number of likely N-dealkylation sites (N-methyl/N-ethyl adjacent to an activating group) is 1. The first-order valence-electron chi connectivity index (χ1n) is 10.4. The molecule has 2 heterocycles. The van der Waals surface area contributed by atoms with E-state index in [-0.39, 0.29) is 5.91 Å². The van der Waals surface area contributed by atoms with Gasteiger partial charge in [-0.25, -0.2) is 0 Å². The minimum absolute atomic E-state index is 0.0860. The van der Waals surface area contributed by atoms with Crippen molar-refractivity contribution in [3.05, 3.63) is 34.4 Å². The van der Waals surface area contributed by atoms with Gasteiger partial charge < -0.3 is 10.2 Å². The Morgan fingerprint density at radius 2 is 1.63 bits per heavy atom. The molecule has 1 atom stereocenters. The molecule has 1 aromatic carbocycles. The van der Waals surface area contributed by atoms with E-state index in [2.05, 4.69) is 53.0 Å². The molecule has 2 aliphatic heterocycles. The summed E-state index contributed by atoms with van der Waals surface area (Å²) in [7, 11) is 2.21. The van der Waals surface area contributed by atoms with Crippen LogP contribution in [0.15, 0.2) is 12.1 Å². The molecule has 1 amide bonds. The van der Waals surface area contributed by atoms with Crippen LogP contribution in [0.1, 0.15) is 42.0 Å². The summed E-state index contributed by atoms with van der Waals surface area (Å²) in [6.45, 7) is 14.9. The van der Waals surface area contributed by atoms with E-state index in [9.17, 15) is 4.79 Å². The molecule has 3 rings (SSSR count). The highest BCUT2D eigenvalue weighted by Crippen LogP contribution is 2.22. The number of carbonyl (C=O) groups excluding carboxylic acids is 1. The number of hydrogen-bond donors (Lipinski definition) is 1. The van der Waals surface area contributed by atoms with Crippen LogP contribution >= 0.6 is 0 Å². The van der Waals surface area contributed by atoms with Crippen LogP contribution in [0.25, 0.3) is 0 Å². The predicted octanol–water partition coefficient (Wildman–Crippen LogP) is 2.15. The summed E-state index contributed by atoms with van der Waals surface area (Å²) in [5, 5.41) is 3.10. The molecule has 2 fully saturated rings. The van der Waals surface area contributed by atoms with Crippen molar-refractivity contribution in [3.8, 4) is 0 Å². The first kappa shape index (κ1) is 20.3. The number of benzene rings is 1. The first-order valence-corrected chi connectivity index (χ1v) is 10.4. The molecule has 0 spiro atoms. The van der Waals surface area contributed by atoms with Crippen LogP contribution in [0.4, 0.5) is 0 Å². The third-order valence-corrected chi connectivity index (χ3v) is 6.09. The second-order valence-electron chi connectivity index (χ2n) is 8.56. The Morgan fingerprint density at radius 1 is 1.00 bits per heavy atom. The van der Waals surface area contributed by atoms with Crippen LogP contribution < -0.4 is 5.32 Å². The lowest BCUT2D eigenvalue weighted by Crippen LogP contribution is -2.46. The van der Waals surface area contributed by atoms with Crippen molar-refractivity contribution in [2.75, 3.05) is 46.3 Å². The fraction of sp³-hybridized carbons (Fsp3) is 0.682. The molecule has 0 bridgehead atoms. The summed E-state index contributed by atoms with van der Waals surface area (Å²) < 4.78 is 0. The van der Waals surface area contributed by atoms with Crippen LogP contribution in [0.5, 0.6) is 0 Å². The van der Waals surface area contributed by atoms with Crippen LogP contribution in [-0.2, 0) is 17.9 Å². The average molecular weight is 373 g/mol. The van der Waals surface area contributed by atoms with Gasteiger partial charge in [0.25, 0.3) is 0 Å². The zero-order valence-electron chi connectivity index (χ0n) is 17.6. The van der Waals surface area contributed by atoms with E-state index in [1.807, 2.05) is 0 Å². The Hall–Kier alpha value is -1.43. The smallest absolute Gasteiger partial charge is 0.217 e. The standard InChI is InChI=1S/C22H36N4O/c1-17-12-18(2)21(13-20(17)14-25-10-8-24(4)9-11-25)15-26-7-5-6-22(16-26)23-19(3)27/h12-13,22H,5-11,14-16H2,1-4H3,(H,23,27)/t22-/m1/s1. The van der Waals surface area contributed by atoms with E-state index in [0.717, 1.165) is 65.2 Å². The van der Waals surface area contributed by atoms with Gasteiger partial charge in [0, 0.05) is 58.8 Å². The molecule has 27 heavy (non-hydrogen) atoms. The molecular weight excluding hydrogens is 336 g/mol. The van der Waals surface area contributed by atoms with Gasteiger partial charge in [-0.2, -0.15) is 0 Å². The minimum atomic E-state index is 0.0860. The second-order valence-corrected chi connectivity index (χ2v) is 8.56. The van der Waals surface area contributed by atoms with Crippen molar-refractivity contribution in [2.45, 2.75) is 52.7 Å². The lowest BCUT2D eigenvalue weighted by Gasteiger charge is -2.34. The minimum Gasteiger partial charge on any atom is -0.352 e. The van der Waals surface area contributed by atoms with Gasteiger partial charge in [-0.1, -0.05) is 12.1 Å². The predicted molar refractivity (Wildman–Crippen MR) is 111 cm³/mol. The third kappa shape index (κ3) is 5.77. The summed E-state index contributed by atoms with van der Waals surface area (Å²) >= 11 is 0. The fourth-order valence-electron chi connectivity index (χ4n) is 4.38. The first-order chi connectivity index (χ1) is 12.9. The van der Waals surface area contributed by atoms with Gasteiger partial charge in [-0.15, -0.1) is 0 Å². The number of amides is 1. The monoisotopic (exact) mass is 372 g/mol. The van der Waals surface area contributed by atoms with Gasteiger partial charge in [-0.05, 0) is 62.5 Å². The highest BCUT2D eigenvalue weighted by Gasteiger charge is 2.21. The van der Waals surface area contributed by atoms with E-state index in [1.165, 1.54) is 22.3 Å². The number of rotatable bonds is 5. The zero-order chi connectivity index (χ0) is 19.4. The van der Waals surface area contributed by atoms with Crippen molar-refractivity contribution in [1.82, 2.24) is 20.0 Å². The van der Waals surface area contributed by atoms with Crippen LogP contribution in [0.3, 0.4) is 0 Å². The molecule has 0 saturated carbocycles. The number of hydrogen-bond acceptors (Lipinski definition) is 4. The fourth-order valence-corrected chi connectivity index (χ4v) is 4.38. The maximum atomic E-state index is 11.4. The van der Waals surface area contributed by atoms with Gasteiger partial charge in [-0.3, -0.25) is 14.6 Å². The summed E-state index contributed by atoms with van der Waals surface area (Å²) in [5.74, 6) is 0.0860. The Bertz CT molecular complexity index is 652. The van der Waals surface area contributed by atoms with Crippen LogP contribution in [0.2, 0.25) is 0 Å². The van der Waals surface area contributed by atoms with E-state index in [4.69, 9.17) is 0 Å². The number of nitrogens with zero attached hydrogens (tertiary/aromatic N) is 3. The number of carbonyl (C=O) groups is 1. The average Bonchev–Trinajstić information content (AvgIpc) is 2.61. The zero-order valence-corrected chi connectivity index (χ0v) is 17.6. The molecule has 2 saturated heterocycles. The Kier molecular flexibility index (Phi) is 6.90. The molecule has 0 radical (unpaired) electrons. The lowest BCUT2D eigenvalue weighted by atomic mass is 9.97. The highest BCUT2D eigenvalue weighted by atomic mass is 16.1. The van der Waals surface area contributed by atoms with Crippen LogP contribution in [0, 0.1) is 13.8 Å². The number of aryl methyl sites for hydroxylation is 2. The molecule has 0 unspecified atom stereocenters. The largest absolute Gasteiger partial charge is 0.352 e. The number of piperidine rings is 1. The Labute approximate surface area is 164 Å². The van der Waals surface area contributed by atoms with Gasteiger partial charge in [0.2, 0.25) is 5.91 Å². The maximum absolute atomic E-state index is 11.4. The molecule has 1 aromatic rings. The Morgan fingerprint density at radius 3 is 2.26 bits per heavy atom. The molecule has 0 aliphatic carbocycles.